The van der Waals surface area contributed by atoms with Gasteiger partial charge in [-0.2, -0.15) is 15.0 Å². The van der Waals surface area contributed by atoms with Crippen molar-refractivity contribution in [1.82, 2.24) is 20.4 Å². The number of ether oxygens (including phenoxy) is 2. The highest BCUT2D eigenvalue weighted by molar-refractivity contribution is 5.95. The molecule has 4 rings (SSSR count). The van der Waals surface area contributed by atoms with Crippen LogP contribution in [0, 0.1) is 10.1 Å². The van der Waals surface area contributed by atoms with E-state index in [0.717, 1.165) is 0 Å². The number of rotatable bonds is 6. The predicted molar refractivity (Wildman–Crippen MR) is 110 cm³/mol. The van der Waals surface area contributed by atoms with Crippen molar-refractivity contribution in [1.29, 1.82) is 0 Å². The number of amides is 1. The fraction of sp³-hybridized carbons (Fsp3) is 0.444. The lowest BCUT2D eigenvalue weighted by molar-refractivity contribution is -0.384. The molecule has 2 aromatic rings. The molecule has 1 aromatic heterocycles. The van der Waals surface area contributed by atoms with Crippen LogP contribution in [0.1, 0.15) is 10.4 Å². The summed E-state index contributed by atoms with van der Waals surface area (Å²) < 4.78 is 10.8. The van der Waals surface area contributed by atoms with E-state index >= 15 is 0 Å². The SMILES string of the molecule is O=C(NNc1nc(N2CCOCC2)nc(N2CCOCC2)n1)c1cccc([N+](=O)[O-])c1. The maximum Gasteiger partial charge on any atom is 0.270 e. The Morgan fingerprint density at radius 3 is 2.10 bits per heavy atom. The van der Waals surface area contributed by atoms with Crippen molar-refractivity contribution in [2.45, 2.75) is 0 Å². The molecule has 0 spiro atoms. The zero-order valence-electron chi connectivity index (χ0n) is 16.7. The average molecular weight is 430 g/mol. The number of carbonyl (C=O) groups excluding carboxylic acids is 1. The number of nitro groups is 1. The molecule has 2 aliphatic heterocycles. The summed E-state index contributed by atoms with van der Waals surface area (Å²) in [6, 6.07) is 5.45. The van der Waals surface area contributed by atoms with E-state index in [0.29, 0.717) is 64.5 Å². The maximum absolute atomic E-state index is 12.4. The van der Waals surface area contributed by atoms with Crippen LogP contribution in [0.15, 0.2) is 24.3 Å². The molecule has 31 heavy (non-hydrogen) atoms. The van der Waals surface area contributed by atoms with Crippen LogP contribution in [0.5, 0.6) is 0 Å². The summed E-state index contributed by atoms with van der Waals surface area (Å²) in [6.07, 6.45) is 0. The highest BCUT2D eigenvalue weighted by Crippen LogP contribution is 2.19. The number of benzene rings is 1. The standard InChI is InChI=1S/C18H22N8O5/c27-15(13-2-1-3-14(12-13)26(28)29)22-23-16-19-17(24-4-8-30-9-5-24)21-18(20-16)25-6-10-31-11-7-25/h1-3,12H,4-11H2,(H,22,27)(H,19,20,21,23). The normalized spacial score (nSPS) is 16.6. The second-order valence-electron chi connectivity index (χ2n) is 6.84. The number of hydrogen-bond acceptors (Lipinski definition) is 11. The average Bonchev–Trinajstić information content (AvgIpc) is 2.83. The second kappa shape index (κ2) is 9.49. The van der Waals surface area contributed by atoms with E-state index in [2.05, 4.69) is 25.8 Å². The van der Waals surface area contributed by atoms with Gasteiger partial charge >= 0.3 is 0 Å². The molecule has 2 fully saturated rings. The van der Waals surface area contributed by atoms with E-state index in [1.807, 2.05) is 9.80 Å². The zero-order chi connectivity index (χ0) is 21.6. The van der Waals surface area contributed by atoms with Crippen LogP contribution in [-0.4, -0.2) is 78.4 Å². The number of anilines is 3. The third-order valence-electron chi connectivity index (χ3n) is 4.81. The van der Waals surface area contributed by atoms with Crippen LogP contribution in [0.3, 0.4) is 0 Å². The summed E-state index contributed by atoms with van der Waals surface area (Å²) >= 11 is 0. The van der Waals surface area contributed by atoms with Gasteiger partial charge in [-0.3, -0.25) is 25.8 Å². The summed E-state index contributed by atoms with van der Waals surface area (Å²) in [5, 5.41) is 10.9. The van der Waals surface area contributed by atoms with Crippen molar-refractivity contribution >= 4 is 29.4 Å². The Hall–Kier alpha value is -3.58. The van der Waals surface area contributed by atoms with E-state index in [1.54, 1.807) is 0 Å². The van der Waals surface area contributed by atoms with Crippen molar-refractivity contribution in [2.75, 3.05) is 67.8 Å². The van der Waals surface area contributed by atoms with Gasteiger partial charge in [-0.25, -0.2) is 0 Å². The molecule has 164 valence electrons. The zero-order valence-corrected chi connectivity index (χ0v) is 16.7. The maximum atomic E-state index is 12.4. The van der Waals surface area contributed by atoms with Gasteiger partial charge in [0.15, 0.2) is 0 Å². The van der Waals surface area contributed by atoms with Crippen molar-refractivity contribution in [3.8, 4) is 0 Å². The van der Waals surface area contributed by atoms with Gasteiger partial charge < -0.3 is 19.3 Å². The minimum atomic E-state index is -0.556. The largest absolute Gasteiger partial charge is 0.378 e. The molecule has 0 radical (unpaired) electrons. The minimum Gasteiger partial charge on any atom is -0.378 e. The molecule has 1 aromatic carbocycles. The summed E-state index contributed by atoms with van der Waals surface area (Å²) in [4.78, 5) is 40.2. The van der Waals surface area contributed by atoms with E-state index < -0.39 is 10.8 Å². The Bertz CT molecular complexity index is 910. The number of hydrazine groups is 1. The van der Waals surface area contributed by atoms with Crippen LogP contribution in [-0.2, 0) is 9.47 Å². The van der Waals surface area contributed by atoms with E-state index in [-0.39, 0.29) is 17.2 Å². The summed E-state index contributed by atoms with van der Waals surface area (Å²) in [5.74, 6) is 0.570. The van der Waals surface area contributed by atoms with Gasteiger partial charge in [0.25, 0.3) is 11.6 Å². The van der Waals surface area contributed by atoms with Crippen LogP contribution in [0.25, 0.3) is 0 Å². The van der Waals surface area contributed by atoms with Crippen LogP contribution in [0.4, 0.5) is 23.5 Å². The quantitative estimate of drug-likeness (QED) is 0.478. The molecule has 0 aliphatic carbocycles. The van der Waals surface area contributed by atoms with E-state index in [9.17, 15) is 14.9 Å². The first-order valence-corrected chi connectivity index (χ1v) is 9.82. The Morgan fingerprint density at radius 2 is 1.55 bits per heavy atom. The first-order chi connectivity index (χ1) is 15.1. The summed E-state index contributed by atoms with van der Waals surface area (Å²) in [6.45, 7) is 4.88. The summed E-state index contributed by atoms with van der Waals surface area (Å²) in [5.41, 5.74) is 5.16. The van der Waals surface area contributed by atoms with Gasteiger partial charge in [-0.15, -0.1) is 0 Å². The van der Waals surface area contributed by atoms with Crippen molar-refractivity contribution in [3.63, 3.8) is 0 Å². The number of nitro benzene ring substituents is 1. The smallest absolute Gasteiger partial charge is 0.270 e. The molecule has 2 N–H and O–H groups in total. The second-order valence-corrected chi connectivity index (χ2v) is 6.84. The third kappa shape index (κ3) is 5.13. The molecular formula is C18H22N8O5. The number of nitrogens with zero attached hydrogens (tertiary/aromatic N) is 6. The molecule has 0 atom stereocenters. The molecule has 0 unspecified atom stereocenters. The van der Waals surface area contributed by atoms with E-state index in [4.69, 9.17) is 9.47 Å². The third-order valence-corrected chi connectivity index (χ3v) is 4.81. The van der Waals surface area contributed by atoms with Gasteiger partial charge in [-0.05, 0) is 6.07 Å². The predicted octanol–water partition coefficient (Wildman–Crippen LogP) is 0.210. The lowest BCUT2D eigenvalue weighted by Crippen LogP contribution is -2.40. The first kappa shape index (κ1) is 20.7. The monoisotopic (exact) mass is 430 g/mol. The first-order valence-electron chi connectivity index (χ1n) is 9.82. The van der Waals surface area contributed by atoms with Gasteiger partial charge in [0.2, 0.25) is 17.8 Å². The van der Waals surface area contributed by atoms with Crippen LogP contribution < -0.4 is 20.7 Å². The summed E-state index contributed by atoms with van der Waals surface area (Å²) in [7, 11) is 0. The topological polar surface area (TPSA) is 148 Å². The van der Waals surface area contributed by atoms with Crippen LogP contribution >= 0.6 is 0 Å². The minimum absolute atomic E-state index is 0.137. The molecule has 13 nitrogen and oxygen atoms in total. The molecular weight excluding hydrogens is 408 g/mol. The fourth-order valence-corrected chi connectivity index (χ4v) is 3.16. The molecule has 3 heterocycles. The lowest BCUT2D eigenvalue weighted by Gasteiger charge is -2.30. The highest BCUT2D eigenvalue weighted by atomic mass is 16.6. The molecule has 13 heteroatoms. The Morgan fingerprint density at radius 1 is 0.968 bits per heavy atom. The lowest BCUT2D eigenvalue weighted by atomic mass is 10.2. The number of morpholine rings is 2. The molecule has 2 saturated heterocycles. The van der Waals surface area contributed by atoms with Gasteiger partial charge in [0.05, 0.1) is 31.4 Å². The molecule has 0 saturated carbocycles. The van der Waals surface area contributed by atoms with Gasteiger partial charge in [0, 0.05) is 43.9 Å². The fourth-order valence-electron chi connectivity index (χ4n) is 3.16. The Labute approximate surface area is 177 Å². The van der Waals surface area contributed by atoms with Crippen LogP contribution in [0.2, 0.25) is 0 Å². The number of nitrogens with one attached hydrogen (secondary N) is 2. The Balaban J connectivity index is 1.52. The highest BCUT2D eigenvalue weighted by Gasteiger charge is 2.21. The van der Waals surface area contributed by atoms with Gasteiger partial charge in [-0.1, -0.05) is 6.07 Å². The molecule has 0 bridgehead atoms. The number of aromatic nitrogens is 3. The number of hydrogen-bond donors (Lipinski definition) is 2. The molecule has 2 aliphatic rings. The van der Waals surface area contributed by atoms with E-state index in [1.165, 1.54) is 24.3 Å². The Kier molecular flexibility index (Phi) is 6.33. The molecule has 1 amide bonds. The number of non-ortho nitro benzene ring substituents is 1. The van der Waals surface area contributed by atoms with Crippen molar-refractivity contribution in [2.24, 2.45) is 0 Å². The van der Waals surface area contributed by atoms with Gasteiger partial charge in [0.1, 0.15) is 0 Å². The number of carbonyl (C=O) groups is 1. The van der Waals surface area contributed by atoms with Crippen molar-refractivity contribution < 1.29 is 19.2 Å². The van der Waals surface area contributed by atoms with Crippen molar-refractivity contribution in [3.05, 3.63) is 39.9 Å².